The van der Waals surface area contributed by atoms with Gasteiger partial charge in [0, 0.05) is 0 Å². The molecule has 3 heteroatoms. The summed E-state index contributed by atoms with van der Waals surface area (Å²) in [6.45, 7) is 3.74. The zero-order chi connectivity index (χ0) is 7.44. The molecule has 0 fully saturated rings. The predicted octanol–water partition coefficient (Wildman–Crippen LogP) is 0.570. The van der Waals surface area contributed by atoms with Crippen LogP contribution in [0.3, 0.4) is 0 Å². The maximum absolute atomic E-state index is 10.0. The van der Waals surface area contributed by atoms with Crippen molar-refractivity contribution < 1.29 is 9.90 Å². The van der Waals surface area contributed by atoms with E-state index in [1.165, 1.54) is 6.08 Å². The Morgan fingerprint density at radius 2 is 2.11 bits per heavy atom. The monoisotopic (exact) mass is 129 g/mol. The Bertz CT molecular complexity index is 138. The molecule has 0 heterocycles. The molecule has 52 valence electrons. The Labute approximate surface area is 54.2 Å². The molecule has 0 bridgehead atoms. The number of allylic oxidation sites excluding steroid dienone is 1. The van der Waals surface area contributed by atoms with Gasteiger partial charge in [-0.1, -0.05) is 19.9 Å². The predicted molar refractivity (Wildman–Crippen MR) is 34.7 cm³/mol. The molecule has 0 radical (unpaired) electrons. The topological polar surface area (TPSA) is 63.3 Å². The first-order valence-corrected chi connectivity index (χ1v) is 2.74. The number of carbonyl (C=O) groups is 1. The molecule has 0 aromatic carbocycles. The van der Waals surface area contributed by atoms with Crippen LogP contribution in [0.5, 0.6) is 0 Å². The lowest BCUT2D eigenvalue weighted by atomic mass is 10.2. The number of hydrogen-bond acceptors (Lipinski definition) is 2. The Kier molecular flexibility index (Phi) is 2.78. The summed E-state index contributed by atoms with van der Waals surface area (Å²) in [6, 6.07) is 0. The number of nitrogens with two attached hydrogens (primary N) is 1. The summed E-state index contributed by atoms with van der Waals surface area (Å²) in [4.78, 5) is 10.0. The van der Waals surface area contributed by atoms with E-state index in [0.29, 0.717) is 0 Å². The van der Waals surface area contributed by atoms with Crippen LogP contribution in [0.15, 0.2) is 11.8 Å². The summed E-state index contributed by atoms with van der Waals surface area (Å²) in [5, 5.41) is 8.24. The van der Waals surface area contributed by atoms with Crippen molar-refractivity contribution in [1.82, 2.24) is 0 Å². The quantitative estimate of drug-likeness (QED) is 0.536. The Balaban J connectivity index is 4.00. The van der Waals surface area contributed by atoms with Crippen LogP contribution in [0.4, 0.5) is 0 Å². The molecule has 0 saturated heterocycles. The summed E-state index contributed by atoms with van der Waals surface area (Å²) in [5.41, 5.74) is 5.00. The van der Waals surface area contributed by atoms with Gasteiger partial charge in [-0.05, 0) is 5.92 Å². The average molecular weight is 129 g/mol. The molecule has 0 atom stereocenters. The first kappa shape index (κ1) is 8.01. The van der Waals surface area contributed by atoms with Gasteiger partial charge in [0.25, 0.3) is 0 Å². The number of aliphatic carboxylic acids is 1. The second kappa shape index (κ2) is 3.12. The van der Waals surface area contributed by atoms with Gasteiger partial charge in [0.2, 0.25) is 0 Å². The molecule has 0 aliphatic rings. The first-order chi connectivity index (χ1) is 4.04. The maximum atomic E-state index is 10.0. The van der Waals surface area contributed by atoms with E-state index in [4.69, 9.17) is 10.8 Å². The fourth-order valence-corrected chi connectivity index (χ4v) is 0.430. The highest BCUT2D eigenvalue weighted by Crippen LogP contribution is 1.96. The molecule has 0 spiro atoms. The van der Waals surface area contributed by atoms with E-state index in [1.807, 2.05) is 13.8 Å². The molecule has 9 heavy (non-hydrogen) atoms. The van der Waals surface area contributed by atoms with Crippen molar-refractivity contribution in [2.24, 2.45) is 11.7 Å². The lowest BCUT2D eigenvalue weighted by Gasteiger charge is -1.95. The molecule has 0 aromatic rings. The minimum atomic E-state index is -1.05. The number of carboxylic acid groups (broad SMARTS) is 1. The normalized spacial score (nSPS) is 12.1. The van der Waals surface area contributed by atoms with Gasteiger partial charge < -0.3 is 10.8 Å². The van der Waals surface area contributed by atoms with E-state index < -0.39 is 5.97 Å². The zero-order valence-electron chi connectivity index (χ0n) is 5.59. The SMILES string of the molecule is CC(C)/C=C(\N)C(=O)O. The van der Waals surface area contributed by atoms with Crippen LogP contribution < -0.4 is 5.73 Å². The van der Waals surface area contributed by atoms with Gasteiger partial charge in [-0.25, -0.2) is 4.79 Å². The van der Waals surface area contributed by atoms with Crippen molar-refractivity contribution in [3.05, 3.63) is 11.8 Å². The standard InChI is InChI=1S/C6H11NO2/c1-4(2)3-5(7)6(8)9/h3-4H,7H2,1-2H3,(H,8,9)/b5-3-. The molecule has 0 aliphatic heterocycles. The highest BCUT2D eigenvalue weighted by atomic mass is 16.4. The van der Waals surface area contributed by atoms with Crippen molar-refractivity contribution in [3.8, 4) is 0 Å². The fraction of sp³-hybridized carbons (Fsp3) is 0.500. The zero-order valence-corrected chi connectivity index (χ0v) is 5.59. The van der Waals surface area contributed by atoms with Crippen molar-refractivity contribution in [3.63, 3.8) is 0 Å². The van der Waals surface area contributed by atoms with Gasteiger partial charge in [-0.2, -0.15) is 0 Å². The maximum Gasteiger partial charge on any atom is 0.351 e. The van der Waals surface area contributed by atoms with Crippen molar-refractivity contribution in [2.45, 2.75) is 13.8 Å². The summed E-state index contributed by atoms with van der Waals surface area (Å²) in [5.74, 6) is -0.857. The Hall–Kier alpha value is -0.990. The molecular weight excluding hydrogens is 118 g/mol. The fourth-order valence-electron chi connectivity index (χ4n) is 0.430. The van der Waals surface area contributed by atoms with Crippen molar-refractivity contribution >= 4 is 5.97 Å². The molecule has 3 nitrogen and oxygen atoms in total. The van der Waals surface area contributed by atoms with Gasteiger partial charge >= 0.3 is 5.97 Å². The molecule has 0 amide bonds. The third-order valence-corrected chi connectivity index (χ3v) is 0.760. The summed E-state index contributed by atoms with van der Waals surface area (Å²) in [6.07, 6.45) is 1.50. The molecule has 0 unspecified atom stereocenters. The summed E-state index contributed by atoms with van der Waals surface area (Å²) in [7, 11) is 0. The second-order valence-electron chi connectivity index (χ2n) is 2.17. The van der Waals surface area contributed by atoms with Gasteiger partial charge in [-0.3, -0.25) is 0 Å². The van der Waals surface area contributed by atoms with E-state index in [-0.39, 0.29) is 11.6 Å². The lowest BCUT2D eigenvalue weighted by Crippen LogP contribution is -2.10. The van der Waals surface area contributed by atoms with E-state index in [0.717, 1.165) is 0 Å². The third-order valence-electron chi connectivity index (χ3n) is 0.760. The average Bonchev–Trinajstić information content (AvgIpc) is 1.63. The van der Waals surface area contributed by atoms with Crippen LogP contribution in [0.1, 0.15) is 13.8 Å². The highest BCUT2D eigenvalue weighted by molar-refractivity contribution is 5.85. The van der Waals surface area contributed by atoms with Crippen molar-refractivity contribution in [1.29, 1.82) is 0 Å². The Morgan fingerprint density at radius 1 is 1.67 bits per heavy atom. The molecule has 3 N–H and O–H groups in total. The molecule has 0 aliphatic carbocycles. The first-order valence-electron chi connectivity index (χ1n) is 2.74. The van der Waals surface area contributed by atoms with Gasteiger partial charge in [0.05, 0.1) is 0 Å². The van der Waals surface area contributed by atoms with Crippen LogP contribution >= 0.6 is 0 Å². The van der Waals surface area contributed by atoms with Gasteiger partial charge in [0.1, 0.15) is 5.70 Å². The van der Waals surface area contributed by atoms with E-state index in [2.05, 4.69) is 0 Å². The Morgan fingerprint density at radius 3 is 2.22 bits per heavy atom. The summed E-state index contributed by atoms with van der Waals surface area (Å²) < 4.78 is 0. The number of carboxylic acids is 1. The minimum absolute atomic E-state index is 0.0787. The highest BCUT2D eigenvalue weighted by Gasteiger charge is 1.99. The van der Waals surface area contributed by atoms with E-state index >= 15 is 0 Å². The smallest absolute Gasteiger partial charge is 0.351 e. The number of hydrogen-bond donors (Lipinski definition) is 2. The van der Waals surface area contributed by atoms with Crippen LogP contribution in [0, 0.1) is 5.92 Å². The second-order valence-corrected chi connectivity index (χ2v) is 2.17. The summed E-state index contributed by atoms with van der Waals surface area (Å²) >= 11 is 0. The number of rotatable bonds is 2. The third kappa shape index (κ3) is 3.58. The minimum Gasteiger partial charge on any atom is -0.477 e. The largest absolute Gasteiger partial charge is 0.477 e. The van der Waals surface area contributed by atoms with Crippen LogP contribution in [-0.2, 0) is 4.79 Å². The van der Waals surface area contributed by atoms with Crippen LogP contribution in [0.25, 0.3) is 0 Å². The molecule has 0 rings (SSSR count). The molecule has 0 aromatic heterocycles. The van der Waals surface area contributed by atoms with E-state index in [9.17, 15) is 4.79 Å². The van der Waals surface area contributed by atoms with E-state index in [1.54, 1.807) is 0 Å². The van der Waals surface area contributed by atoms with Gasteiger partial charge in [0.15, 0.2) is 0 Å². The van der Waals surface area contributed by atoms with Crippen LogP contribution in [-0.4, -0.2) is 11.1 Å². The molecule has 0 saturated carbocycles. The van der Waals surface area contributed by atoms with Crippen LogP contribution in [0.2, 0.25) is 0 Å². The van der Waals surface area contributed by atoms with Gasteiger partial charge in [-0.15, -0.1) is 0 Å². The lowest BCUT2D eigenvalue weighted by molar-refractivity contribution is -0.132. The van der Waals surface area contributed by atoms with Crippen molar-refractivity contribution in [2.75, 3.05) is 0 Å². The molecular formula is C6H11NO2.